The van der Waals surface area contributed by atoms with E-state index in [0.717, 1.165) is 13.1 Å². The Labute approximate surface area is 87.6 Å². The molecule has 0 rings (SSSR count). The van der Waals surface area contributed by atoms with Crippen LogP contribution < -0.4 is 10.6 Å². The van der Waals surface area contributed by atoms with Crippen LogP contribution in [-0.2, 0) is 4.79 Å². The smallest absolute Gasteiger partial charge is 0.216 e. The number of unbranched alkanes of at least 4 members (excludes halogenated alkanes) is 2. The van der Waals surface area contributed by atoms with E-state index in [1.165, 1.54) is 25.7 Å². The summed E-state index contributed by atoms with van der Waals surface area (Å²) in [6.07, 6.45) is 5.12. The quantitative estimate of drug-likeness (QED) is 0.585. The highest BCUT2D eigenvalue weighted by atomic mass is 16.1. The third kappa shape index (κ3) is 9.52. The minimum Gasteiger partial charge on any atom is -0.355 e. The van der Waals surface area contributed by atoms with Crippen LogP contribution in [0.15, 0.2) is 0 Å². The van der Waals surface area contributed by atoms with Gasteiger partial charge in [0.1, 0.15) is 0 Å². The number of rotatable bonds is 8. The Hall–Kier alpha value is -0.570. The maximum atomic E-state index is 10.6. The van der Waals surface area contributed by atoms with Crippen molar-refractivity contribution in [2.45, 2.75) is 52.5 Å². The molecule has 0 aromatic heterocycles. The highest BCUT2D eigenvalue weighted by Gasteiger charge is 1.99. The lowest BCUT2D eigenvalue weighted by Gasteiger charge is -2.13. The molecule has 0 aliphatic rings. The van der Waals surface area contributed by atoms with Gasteiger partial charge < -0.3 is 10.6 Å². The fourth-order valence-corrected chi connectivity index (χ4v) is 1.36. The molecular formula is C11H24N2O. The molecule has 84 valence electrons. The zero-order valence-corrected chi connectivity index (χ0v) is 9.73. The van der Waals surface area contributed by atoms with Crippen LogP contribution in [0.2, 0.25) is 0 Å². The number of hydrogen-bond acceptors (Lipinski definition) is 2. The second-order valence-corrected chi connectivity index (χ2v) is 3.83. The molecule has 14 heavy (non-hydrogen) atoms. The molecule has 1 amide bonds. The lowest BCUT2D eigenvalue weighted by atomic mass is 10.1. The van der Waals surface area contributed by atoms with Crippen molar-refractivity contribution < 1.29 is 4.79 Å². The monoisotopic (exact) mass is 200 g/mol. The Morgan fingerprint density at radius 1 is 1.29 bits per heavy atom. The first-order valence-electron chi connectivity index (χ1n) is 5.64. The molecule has 0 saturated carbocycles. The van der Waals surface area contributed by atoms with Crippen molar-refractivity contribution in [2.75, 3.05) is 13.1 Å². The molecule has 3 nitrogen and oxygen atoms in total. The van der Waals surface area contributed by atoms with Gasteiger partial charge in [0.2, 0.25) is 5.91 Å². The summed E-state index contributed by atoms with van der Waals surface area (Å²) < 4.78 is 0. The van der Waals surface area contributed by atoms with Gasteiger partial charge in [-0.3, -0.25) is 4.79 Å². The predicted molar refractivity (Wildman–Crippen MR) is 60.3 cm³/mol. The Morgan fingerprint density at radius 2 is 2.00 bits per heavy atom. The minimum absolute atomic E-state index is 0.0467. The lowest BCUT2D eigenvalue weighted by molar-refractivity contribution is -0.118. The van der Waals surface area contributed by atoms with Crippen LogP contribution in [0.25, 0.3) is 0 Å². The average Bonchev–Trinajstić information content (AvgIpc) is 2.13. The number of carbonyl (C=O) groups is 1. The van der Waals surface area contributed by atoms with Gasteiger partial charge in [-0.25, -0.2) is 0 Å². The summed E-state index contributed by atoms with van der Waals surface area (Å²) in [7, 11) is 0. The van der Waals surface area contributed by atoms with E-state index in [0.29, 0.717) is 6.04 Å². The van der Waals surface area contributed by atoms with Gasteiger partial charge in [-0.05, 0) is 13.3 Å². The molecule has 0 fully saturated rings. The van der Waals surface area contributed by atoms with Gasteiger partial charge in [-0.1, -0.05) is 26.2 Å². The van der Waals surface area contributed by atoms with Crippen LogP contribution in [0.1, 0.15) is 46.5 Å². The van der Waals surface area contributed by atoms with Crippen molar-refractivity contribution in [2.24, 2.45) is 0 Å². The van der Waals surface area contributed by atoms with E-state index in [-0.39, 0.29) is 5.91 Å². The number of carbonyl (C=O) groups excluding carboxylic acids is 1. The maximum absolute atomic E-state index is 10.6. The highest BCUT2D eigenvalue weighted by molar-refractivity contribution is 5.72. The maximum Gasteiger partial charge on any atom is 0.216 e. The van der Waals surface area contributed by atoms with Crippen molar-refractivity contribution in [1.82, 2.24) is 10.6 Å². The van der Waals surface area contributed by atoms with Gasteiger partial charge in [-0.2, -0.15) is 0 Å². The van der Waals surface area contributed by atoms with Gasteiger partial charge in [0.25, 0.3) is 0 Å². The lowest BCUT2D eigenvalue weighted by Crippen LogP contribution is -2.34. The summed E-state index contributed by atoms with van der Waals surface area (Å²) in [4.78, 5) is 10.6. The first-order valence-corrected chi connectivity index (χ1v) is 5.64. The van der Waals surface area contributed by atoms with E-state index in [4.69, 9.17) is 0 Å². The van der Waals surface area contributed by atoms with E-state index in [9.17, 15) is 4.79 Å². The summed E-state index contributed by atoms with van der Waals surface area (Å²) >= 11 is 0. The second-order valence-electron chi connectivity index (χ2n) is 3.83. The van der Waals surface area contributed by atoms with Crippen LogP contribution in [0, 0.1) is 0 Å². The van der Waals surface area contributed by atoms with Crippen LogP contribution >= 0.6 is 0 Å². The molecule has 1 atom stereocenters. The minimum atomic E-state index is 0.0467. The Bertz CT molecular complexity index is 148. The van der Waals surface area contributed by atoms with Gasteiger partial charge in [0.15, 0.2) is 0 Å². The topological polar surface area (TPSA) is 41.1 Å². The van der Waals surface area contributed by atoms with Gasteiger partial charge in [0.05, 0.1) is 0 Å². The summed E-state index contributed by atoms with van der Waals surface area (Å²) in [6.45, 7) is 7.56. The highest BCUT2D eigenvalue weighted by Crippen LogP contribution is 2.01. The molecular weight excluding hydrogens is 176 g/mol. The van der Waals surface area contributed by atoms with Crippen molar-refractivity contribution in [3.05, 3.63) is 0 Å². The molecule has 0 spiro atoms. The fraction of sp³-hybridized carbons (Fsp3) is 0.909. The normalized spacial score (nSPS) is 12.5. The molecule has 1 unspecified atom stereocenters. The number of hydrogen-bond donors (Lipinski definition) is 2. The van der Waals surface area contributed by atoms with E-state index >= 15 is 0 Å². The zero-order valence-electron chi connectivity index (χ0n) is 9.73. The number of amides is 1. The van der Waals surface area contributed by atoms with Crippen LogP contribution in [0.3, 0.4) is 0 Å². The van der Waals surface area contributed by atoms with E-state index in [1.54, 1.807) is 6.92 Å². The molecule has 0 saturated heterocycles. The summed E-state index contributed by atoms with van der Waals surface area (Å²) in [5.74, 6) is 0.0467. The van der Waals surface area contributed by atoms with Crippen LogP contribution in [0.5, 0.6) is 0 Å². The fourth-order valence-electron chi connectivity index (χ4n) is 1.36. The second kappa shape index (κ2) is 9.00. The van der Waals surface area contributed by atoms with Crippen molar-refractivity contribution >= 4 is 5.91 Å². The standard InChI is InChI=1S/C11H24N2O/c1-4-5-6-7-10(2)12-8-9-13-11(3)14/h10,12H,4-9H2,1-3H3,(H,13,14). The van der Waals surface area contributed by atoms with Crippen LogP contribution in [-0.4, -0.2) is 25.0 Å². The van der Waals surface area contributed by atoms with Gasteiger partial charge in [0, 0.05) is 26.1 Å². The SMILES string of the molecule is CCCCCC(C)NCCNC(C)=O. The van der Waals surface area contributed by atoms with Crippen molar-refractivity contribution in [3.8, 4) is 0 Å². The molecule has 2 N–H and O–H groups in total. The first kappa shape index (κ1) is 13.4. The third-order valence-electron chi connectivity index (χ3n) is 2.23. The van der Waals surface area contributed by atoms with Crippen LogP contribution in [0.4, 0.5) is 0 Å². The zero-order chi connectivity index (χ0) is 10.8. The predicted octanol–water partition coefficient (Wildman–Crippen LogP) is 1.68. The van der Waals surface area contributed by atoms with E-state index in [1.807, 2.05) is 0 Å². The van der Waals surface area contributed by atoms with E-state index in [2.05, 4.69) is 24.5 Å². The summed E-state index contributed by atoms with van der Waals surface area (Å²) in [5.41, 5.74) is 0. The summed E-state index contributed by atoms with van der Waals surface area (Å²) in [5, 5.41) is 6.15. The van der Waals surface area contributed by atoms with Gasteiger partial charge >= 0.3 is 0 Å². The Kier molecular flexibility index (Phi) is 8.64. The molecule has 3 heteroatoms. The average molecular weight is 200 g/mol. The molecule has 0 aliphatic heterocycles. The first-order chi connectivity index (χ1) is 6.66. The Morgan fingerprint density at radius 3 is 2.57 bits per heavy atom. The Balaban J connectivity index is 3.18. The van der Waals surface area contributed by atoms with Gasteiger partial charge in [-0.15, -0.1) is 0 Å². The third-order valence-corrected chi connectivity index (χ3v) is 2.23. The molecule has 0 bridgehead atoms. The molecule has 0 aromatic carbocycles. The van der Waals surface area contributed by atoms with Crippen molar-refractivity contribution in [3.63, 3.8) is 0 Å². The largest absolute Gasteiger partial charge is 0.355 e. The molecule has 0 radical (unpaired) electrons. The molecule has 0 aromatic rings. The molecule has 0 heterocycles. The van der Waals surface area contributed by atoms with Crippen molar-refractivity contribution in [1.29, 1.82) is 0 Å². The number of nitrogens with one attached hydrogen (secondary N) is 2. The summed E-state index contributed by atoms with van der Waals surface area (Å²) in [6, 6.07) is 0.565. The van der Waals surface area contributed by atoms with E-state index < -0.39 is 0 Å². The molecule has 0 aliphatic carbocycles.